The van der Waals surface area contributed by atoms with Crippen LogP contribution in [0.25, 0.3) is 82.0 Å². The Morgan fingerprint density at radius 2 is 1.00 bits per heavy atom. The average Bonchev–Trinajstić information content (AvgIpc) is 3.43. The highest BCUT2D eigenvalue weighted by atomic mass is 15.1. The molecule has 1 aromatic heterocycles. The quantitative estimate of drug-likeness (QED) is 0.207. The molecule has 2 heteroatoms. The van der Waals surface area contributed by atoms with Crippen molar-refractivity contribution in [2.45, 2.75) is 0 Å². The minimum absolute atomic E-state index is 0.947. The summed E-state index contributed by atoms with van der Waals surface area (Å²) in [5.74, 6) is 0.947. The van der Waals surface area contributed by atoms with Gasteiger partial charge in [0.1, 0.15) is 5.82 Å². The van der Waals surface area contributed by atoms with Gasteiger partial charge in [-0.25, -0.2) is 4.98 Å². The van der Waals surface area contributed by atoms with Crippen LogP contribution >= 0.6 is 0 Å². The molecule has 0 fully saturated rings. The Kier molecular flexibility index (Phi) is 4.64. The third-order valence-electron chi connectivity index (χ3n) is 8.54. The summed E-state index contributed by atoms with van der Waals surface area (Å²) in [4.78, 5) is 5.10. The number of imidazole rings is 1. The fraction of sp³-hybridized carbons (Fsp3) is 0. The van der Waals surface area contributed by atoms with E-state index in [-0.39, 0.29) is 0 Å². The Hall–Kier alpha value is -5.47. The molecule has 9 rings (SSSR count). The van der Waals surface area contributed by atoms with Crippen LogP contribution in [0.2, 0.25) is 0 Å². The first kappa shape index (κ1) is 22.4. The van der Waals surface area contributed by atoms with Gasteiger partial charge in [-0.05, 0) is 78.1 Å². The van der Waals surface area contributed by atoms with Crippen LogP contribution in [0.1, 0.15) is 0 Å². The van der Waals surface area contributed by atoms with E-state index in [9.17, 15) is 0 Å². The summed E-state index contributed by atoms with van der Waals surface area (Å²) >= 11 is 0. The Balaban J connectivity index is 1.50. The molecule has 0 bridgehead atoms. The number of para-hydroxylation sites is 2. The van der Waals surface area contributed by atoms with E-state index in [0.29, 0.717) is 0 Å². The van der Waals surface area contributed by atoms with Crippen molar-refractivity contribution in [3.05, 3.63) is 146 Å². The maximum Gasteiger partial charge on any atom is 0.145 e. The first-order chi connectivity index (χ1) is 20.3. The van der Waals surface area contributed by atoms with E-state index < -0.39 is 0 Å². The highest BCUT2D eigenvalue weighted by Gasteiger charge is 2.16. The van der Waals surface area contributed by atoms with E-state index in [4.69, 9.17) is 4.98 Å². The van der Waals surface area contributed by atoms with Gasteiger partial charge in [0.25, 0.3) is 0 Å². The van der Waals surface area contributed by atoms with E-state index in [0.717, 1.165) is 28.1 Å². The fourth-order valence-corrected chi connectivity index (χ4v) is 6.75. The zero-order valence-electron chi connectivity index (χ0n) is 22.3. The number of hydrogen-bond donors (Lipinski definition) is 0. The molecule has 0 saturated carbocycles. The van der Waals surface area contributed by atoms with Crippen LogP contribution in [0.4, 0.5) is 0 Å². The van der Waals surface area contributed by atoms with E-state index >= 15 is 0 Å². The molecule has 1 heterocycles. The molecule has 0 unspecified atom stereocenters. The van der Waals surface area contributed by atoms with E-state index in [1.165, 1.54) is 53.9 Å². The molecule has 8 aromatic carbocycles. The van der Waals surface area contributed by atoms with E-state index in [1.807, 2.05) is 0 Å². The lowest BCUT2D eigenvalue weighted by Gasteiger charge is -2.15. The molecule has 0 spiro atoms. The van der Waals surface area contributed by atoms with Crippen LogP contribution in [0.15, 0.2) is 146 Å². The lowest BCUT2D eigenvalue weighted by atomic mass is 9.90. The highest BCUT2D eigenvalue weighted by molar-refractivity contribution is 6.32. The molecule has 0 aliphatic carbocycles. The summed E-state index contributed by atoms with van der Waals surface area (Å²) in [5, 5.41) is 12.7. The van der Waals surface area contributed by atoms with Crippen molar-refractivity contribution in [1.82, 2.24) is 9.55 Å². The molecule has 0 aliphatic rings. The van der Waals surface area contributed by atoms with Gasteiger partial charge in [0.2, 0.25) is 0 Å². The number of aromatic nitrogens is 2. The standard InChI is InChI=1S/C39H24N2/c1-2-10-27(11-3-1)39-40-35-18-6-7-19-36(35)41(39)28-22-23-31-33-17-9-13-26-21-20-25-12-8-16-32(37(25)38(26)33)29-14-4-5-15-30(29)34(31)24-28/h1-24H. The number of nitrogens with zero attached hydrogens (tertiary/aromatic N) is 2. The van der Waals surface area contributed by atoms with Gasteiger partial charge in [-0.1, -0.05) is 121 Å². The smallest absolute Gasteiger partial charge is 0.145 e. The molecule has 190 valence electrons. The summed E-state index contributed by atoms with van der Waals surface area (Å²) in [6.45, 7) is 0. The van der Waals surface area contributed by atoms with Crippen LogP contribution < -0.4 is 0 Å². The van der Waals surface area contributed by atoms with Gasteiger partial charge in [-0.2, -0.15) is 0 Å². The molecule has 0 aliphatic heterocycles. The maximum absolute atomic E-state index is 5.10. The summed E-state index contributed by atoms with van der Waals surface area (Å²) < 4.78 is 2.31. The maximum atomic E-state index is 5.10. The molecule has 41 heavy (non-hydrogen) atoms. The van der Waals surface area contributed by atoms with Crippen LogP contribution in [0.5, 0.6) is 0 Å². The lowest BCUT2D eigenvalue weighted by molar-refractivity contribution is 1.11. The first-order valence-corrected chi connectivity index (χ1v) is 14.1. The van der Waals surface area contributed by atoms with Crippen molar-refractivity contribution in [3.63, 3.8) is 0 Å². The molecular formula is C39H24N2. The zero-order valence-corrected chi connectivity index (χ0v) is 22.3. The van der Waals surface area contributed by atoms with Crippen molar-refractivity contribution in [2.75, 3.05) is 0 Å². The van der Waals surface area contributed by atoms with Crippen molar-refractivity contribution >= 4 is 64.9 Å². The molecule has 0 N–H and O–H groups in total. The van der Waals surface area contributed by atoms with Crippen LogP contribution in [-0.4, -0.2) is 9.55 Å². The topological polar surface area (TPSA) is 17.8 Å². The molecule has 0 radical (unpaired) electrons. The van der Waals surface area contributed by atoms with Crippen molar-refractivity contribution in [1.29, 1.82) is 0 Å². The summed E-state index contributed by atoms with van der Waals surface area (Å²) in [7, 11) is 0. The number of rotatable bonds is 2. The van der Waals surface area contributed by atoms with Gasteiger partial charge in [0.15, 0.2) is 0 Å². The zero-order chi connectivity index (χ0) is 26.9. The Morgan fingerprint density at radius 1 is 0.415 bits per heavy atom. The number of hydrogen-bond acceptors (Lipinski definition) is 1. The average molecular weight is 521 g/mol. The second-order valence-corrected chi connectivity index (χ2v) is 10.8. The van der Waals surface area contributed by atoms with E-state index in [2.05, 4.69) is 150 Å². The minimum Gasteiger partial charge on any atom is -0.292 e. The monoisotopic (exact) mass is 520 g/mol. The van der Waals surface area contributed by atoms with Crippen molar-refractivity contribution < 1.29 is 0 Å². The third-order valence-corrected chi connectivity index (χ3v) is 8.54. The minimum atomic E-state index is 0.947. The summed E-state index contributed by atoms with van der Waals surface area (Å²) in [5.41, 5.74) is 4.29. The number of fused-ring (bicyclic) bond motifs is 6. The van der Waals surface area contributed by atoms with E-state index in [1.54, 1.807) is 0 Å². The Labute approximate surface area is 236 Å². The third kappa shape index (κ3) is 3.22. The van der Waals surface area contributed by atoms with Gasteiger partial charge in [0, 0.05) is 11.3 Å². The van der Waals surface area contributed by atoms with Crippen LogP contribution in [-0.2, 0) is 0 Å². The second-order valence-electron chi connectivity index (χ2n) is 10.8. The van der Waals surface area contributed by atoms with Gasteiger partial charge < -0.3 is 0 Å². The molecule has 9 aromatic rings. The summed E-state index contributed by atoms with van der Waals surface area (Å²) in [6, 6.07) is 52.6. The molecule has 0 amide bonds. The van der Waals surface area contributed by atoms with Gasteiger partial charge in [0.05, 0.1) is 11.0 Å². The van der Waals surface area contributed by atoms with Gasteiger partial charge in [-0.3, -0.25) is 4.57 Å². The molecule has 0 saturated heterocycles. The summed E-state index contributed by atoms with van der Waals surface area (Å²) in [6.07, 6.45) is 0. The highest BCUT2D eigenvalue weighted by Crippen LogP contribution is 2.41. The SMILES string of the molecule is c1ccc(-c2nc3ccccc3n2-c2ccc3c(c2)c2ccccc2c2cccc4ccc5cccc3c5c42)cc1. The van der Waals surface area contributed by atoms with Crippen molar-refractivity contribution in [3.8, 4) is 17.1 Å². The lowest BCUT2D eigenvalue weighted by Crippen LogP contribution is -1.97. The van der Waals surface area contributed by atoms with Gasteiger partial charge >= 0.3 is 0 Å². The predicted octanol–water partition coefficient (Wildman–Crippen LogP) is 10.5. The normalized spacial score (nSPS) is 11.9. The first-order valence-electron chi connectivity index (χ1n) is 14.1. The Bertz CT molecular complexity index is 2470. The number of benzene rings is 7. The largest absolute Gasteiger partial charge is 0.292 e. The van der Waals surface area contributed by atoms with Gasteiger partial charge in [-0.15, -0.1) is 0 Å². The molecular weight excluding hydrogens is 496 g/mol. The molecule has 2 nitrogen and oxygen atoms in total. The molecule has 0 atom stereocenters. The fourth-order valence-electron chi connectivity index (χ4n) is 6.75. The Morgan fingerprint density at radius 3 is 1.73 bits per heavy atom. The van der Waals surface area contributed by atoms with Crippen LogP contribution in [0.3, 0.4) is 0 Å². The van der Waals surface area contributed by atoms with Crippen molar-refractivity contribution in [2.24, 2.45) is 0 Å². The predicted molar refractivity (Wildman–Crippen MR) is 174 cm³/mol. The second kappa shape index (κ2) is 8.51. The van der Waals surface area contributed by atoms with Crippen LogP contribution in [0, 0.1) is 0 Å².